The lowest BCUT2D eigenvalue weighted by Gasteiger charge is -2.09. The van der Waals surface area contributed by atoms with Crippen molar-refractivity contribution in [3.05, 3.63) is 76.8 Å². The monoisotopic (exact) mass is 407 g/mol. The zero-order valence-corrected chi connectivity index (χ0v) is 17.1. The van der Waals surface area contributed by atoms with E-state index >= 15 is 0 Å². The van der Waals surface area contributed by atoms with E-state index in [1.165, 1.54) is 17.0 Å². The molecule has 0 radical (unpaired) electrons. The van der Waals surface area contributed by atoms with Crippen molar-refractivity contribution in [1.82, 2.24) is 14.9 Å². The standard InChI is InChI=1S/C23H25N3O4/c1-3-30-19-9-7-18(8-10-19)21-14-23(28)26(16-25-21)15-22(27)24-12-11-17-5-4-6-20(13-17)29-2/h4-10,13-14,16H,3,11-12,15H2,1-2H3,(H,24,27). The zero-order chi connectivity index (χ0) is 21.3. The Morgan fingerprint density at radius 3 is 2.60 bits per heavy atom. The molecule has 2 aromatic carbocycles. The third kappa shape index (κ3) is 5.70. The number of rotatable bonds is 9. The van der Waals surface area contributed by atoms with Gasteiger partial charge in [-0.3, -0.25) is 14.2 Å². The number of nitrogens with one attached hydrogen (secondary N) is 1. The van der Waals surface area contributed by atoms with E-state index in [0.717, 1.165) is 22.6 Å². The van der Waals surface area contributed by atoms with Crippen molar-refractivity contribution in [2.75, 3.05) is 20.3 Å². The first-order chi connectivity index (χ1) is 14.6. The van der Waals surface area contributed by atoms with Crippen LogP contribution in [0.25, 0.3) is 11.3 Å². The van der Waals surface area contributed by atoms with Crippen LogP contribution in [0.1, 0.15) is 12.5 Å². The van der Waals surface area contributed by atoms with Crippen molar-refractivity contribution in [2.24, 2.45) is 0 Å². The highest BCUT2D eigenvalue weighted by atomic mass is 16.5. The Kier molecular flexibility index (Phi) is 7.21. The largest absolute Gasteiger partial charge is 0.497 e. The van der Waals surface area contributed by atoms with Gasteiger partial charge in [0.15, 0.2) is 0 Å². The van der Waals surface area contributed by atoms with E-state index in [-0.39, 0.29) is 18.0 Å². The van der Waals surface area contributed by atoms with Crippen LogP contribution >= 0.6 is 0 Å². The van der Waals surface area contributed by atoms with Crippen LogP contribution in [0.2, 0.25) is 0 Å². The lowest BCUT2D eigenvalue weighted by molar-refractivity contribution is -0.121. The Labute approximate surface area is 175 Å². The summed E-state index contributed by atoms with van der Waals surface area (Å²) in [7, 11) is 1.62. The predicted molar refractivity (Wildman–Crippen MR) is 115 cm³/mol. The van der Waals surface area contributed by atoms with Crippen molar-refractivity contribution < 1.29 is 14.3 Å². The quantitative estimate of drug-likeness (QED) is 0.590. The molecule has 0 unspecified atom stereocenters. The summed E-state index contributed by atoms with van der Waals surface area (Å²) in [6, 6.07) is 16.5. The topological polar surface area (TPSA) is 82.5 Å². The number of hydrogen-bond acceptors (Lipinski definition) is 5. The first-order valence-corrected chi connectivity index (χ1v) is 9.78. The van der Waals surface area contributed by atoms with E-state index in [1.807, 2.05) is 55.5 Å². The Bertz CT molecular complexity index is 1040. The lowest BCUT2D eigenvalue weighted by atomic mass is 10.1. The van der Waals surface area contributed by atoms with Gasteiger partial charge in [-0.25, -0.2) is 4.98 Å². The SMILES string of the molecule is CCOc1ccc(-c2cc(=O)n(CC(=O)NCCc3cccc(OC)c3)cn2)cc1. The van der Waals surface area contributed by atoms with Crippen molar-refractivity contribution in [3.8, 4) is 22.8 Å². The third-order valence-electron chi connectivity index (χ3n) is 4.52. The van der Waals surface area contributed by atoms with Gasteiger partial charge in [-0.1, -0.05) is 12.1 Å². The average molecular weight is 407 g/mol. The summed E-state index contributed by atoms with van der Waals surface area (Å²) in [5.41, 5.74) is 2.15. The summed E-state index contributed by atoms with van der Waals surface area (Å²) < 4.78 is 11.9. The van der Waals surface area contributed by atoms with E-state index in [1.54, 1.807) is 7.11 Å². The summed E-state index contributed by atoms with van der Waals surface area (Å²) >= 11 is 0. The summed E-state index contributed by atoms with van der Waals surface area (Å²) in [5.74, 6) is 1.31. The van der Waals surface area contributed by atoms with Gasteiger partial charge in [0.05, 0.1) is 25.7 Å². The molecule has 1 N–H and O–H groups in total. The molecule has 0 saturated heterocycles. The second-order valence-electron chi connectivity index (χ2n) is 6.65. The number of aromatic nitrogens is 2. The number of nitrogens with zero attached hydrogens (tertiary/aromatic N) is 2. The van der Waals surface area contributed by atoms with Gasteiger partial charge in [0.25, 0.3) is 5.56 Å². The van der Waals surface area contributed by atoms with Crippen LogP contribution in [0, 0.1) is 0 Å². The molecule has 156 valence electrons. The summed E-state index contributed by atoms with van der Waals surface area (Å²) in [6.07, 6.45) is 2.07. The Balaban J connectivity index is 1.56. The van der Waals surface area contributed by atoms with Crippen LogP contribution in [0.3, 0.4) is 0 Å². The molecular weight excluding hydrogens is 382 g/mol. The molecule has 0 bridgehead atoms. The predicted octanol–water partition coefficient (Wildman–Crippen LogP) is 2.68. The highest BCUT2D eigenvalue weighted by molar-refractivity contribution is 5.75. The first kappa shape index (κ1) is 21.1. The van der Waals surface area contributed by atoms with Gasteiger partial charge in [-0.15, -0.1) is 0 Å². The molecule has 0 spiro atoms. The molecular formula is C23H25N3O4. The van der Waals surface area contributed by atoms with E-state index < -0.39 is 0 Å². The Morgan fingerprint density at radius 1 is 1.10 bits per heavy atom. The van der Waals surface area contributed by atoms with Crippen molar-refractivity contribution >= 4 is 5.91 Å². The third-order valence-corrected chi connectivity index (χ3v) is 4.52. The van der Waals surface area contributed by atoms with E-state index in [4.69, 9.17) is 9.47 Å². The summed E-state index contributed by atoms with van der Waals surface area (Å²) in [4.78, 5) is 28.9. The minimum absolute atomic E-state index is 0.0759. The molecule has 1 amide bonds. The Hall–Kier alpha value is -3.61. The fourth-order valence-electron chi connectivity index (χ4n) is 2.98. The minimum Gasteiger partial charge on any atom is -0.497 e. The number of carbonyl (C=O) groups is 1. The van der Waals surface area contributed by atoms with Gasteiger partial charge in [-0.2, -0.15) is 0 Å². The lowest BCUT2D eigenvalue weighted by Crippen LogP contribution is -2.33. The molecule has 1 aromatic heterocycles. The van der Waals surface area contributed by atoms with E-state index in [0.29, 0.717) is 25.3 Å². The van der Waals surface area contributed by atoms with Crippen molar-refractivity contribution in [2.45, 2.75) is 19.9 Å². The second kappa shape index (κ2) is 10.2. The number of ether oxygens (including phenoxy) is 2. The van der Waals surface area contributed by atoms with Crippen LogP contribution < -0.4 is 20.3 Å². The molecule has 30 heavy (non-hydrogen) atoms. The van der Waals surface area contributed by atoms with Gasteiger partial charge in [0.2, 0.25) is 5.91 Å². The smallest absolute Gasteiger partial charge is 0.254 e. The summed E-state index contributed by atoms with van der Waals surface area (Å²) in [5, 5.41) is 2.83. The Morgan fingerprint density at radius 2 is 1.90 bits per heavy atom. The van der Waals surface area contributed by atoms with Crippen LogP contribution in [0.5, 0.6) is 11.5 Å². The summed E-state index contributed by atoms with van der Waals surface area (Å²) in [6.45, 7) is 2.91. The van der Waals surface area contributed by atoms with Crippen LogP contribution in [0.4, 0.5) is 0 Å². The fraction of sp³-hybridized carbons (Fsp3) is 0.261. The van der Waals surface area contributed by atoms with Gasteiger partial charge in [0, 0.05) is 18.2 Å². The molecule has 7 heteroatoms. The van der Waals surface area contributed by atoms with Crippen LogP contribution in [-0.2, 0) is 17.8 Å². The van der Waals surface area contributed by atoms with Gasteiger partial charge in [-0.05, 0) is 55.3 Å². The van der Waals surface area contributed by atoms with E-state index in [9.17, 15) is 9.59 Å². The fourth-order valence-corrected chi connectivity index (χ4v) is 2.98. The molecule has 3 aromatic rings. The van der Waals surface area contributed by atoms with Gasteiger partial charge in [0.1, 0.15) is 18.0 Å². The molecule has 3 rings (SSSR count). The number of methoxy groups -OCH3 is 1. The maximum atomic E-state index is 12.4. The molecule has 0 aliphatic heterocycles. The number of amides is 1. The van der Waals surface area contributed by atoms with Gasteiger partial charge < -0.3 is 14.8 Å². The molecule has 0 atom stereocenters. The van der Waals surface area contributed by atoms with E-state index in [2.05, 4.69) is 10.3 Å². The average Bonchev–Trinajstić information content (AvgIpc) is 2.76. The molecule has 0 saturated carbocycles. The van der Waals surface area contributed by atoms with Crippen LogP contribution in [0.15, 0.2) is 65.7 Å². The first-order valence-electron chi connectivity index (χ1n) is 9.78. The number of carbonyl (C=O) groups excluding carboxylic acids is 1. The molecule has 1 heterocycles. The maximum absolute atomic E-state index is 12.4. The second-order valence-corrected chi connectivity index (χ2v) is 6.65. The van der Waals surface area contributed by atoms with Crippen LogP contribution in [-0.4, -0.2) is 35.7 Å². The molecule has 0 aliphatic rings. The highest BCUT2D eigenvalue weighted by Gasteiger charge is 2.07. The minimum atomic E-state index is -0.281. The molecule has 7 nitrogen and oxygen atoms in total. The number of benzene rings is 2. The van der Waals surface area contributed by atoms with Gasteiger partial charge >= 0.3 is 0 Å². The van der Waals surface area contributed by atoms with Crippen molar-refractivity contribution in [1.29, 1.82) is 0 Å². The molecule has 0 aliphatic carbocycles. The highest BCUT2D eigenvalue weighted by Crippen LogP contribution is 2.19. The maximum Gasteiger partial charge on any atom is 0.254 e. The van der Waals surface area contributed by atoms with Crippen molar-refractivity contribution in [3.63, 3.8) is 0 Å². The zero-order valence-electron chi connectivity index (χ0n) is 17.1. The number of hydrogen-bond donors (Lipinski definition) is 1. The normalized spacial score (nSPS) is 10.5. The molecule has 0 fully saturated rings.